The van der Waals surface area contributed by atoms with Crippen molar-refractivity contribution in [3.05, 3.63) is 60.5 Å². The Bertz CT molecular complexity index is 946. The first-order valence-corrected chi connectivity index (χ1v) is 9.83. The first-order valence-electron chi connectivity index (χ1n) is 9.83. The van der Waals surface area contributed by atoms with Crippen molar-refractivity contribution in [3.8, 4) is 0 Å². The van der Waals surface area contributed by atoms with E-state index in [0.29, 0.717) is 0 Å². The van der Waals surface area contributed by atoms with Crippen LogP contribution in [0.1, 0.15) is 12.5 Å². The molecule has 1 aromatic carbocycles. The summed E-state index contributed by atoms with van der Waals surface area (Å²) in [5.41, 5.74) is -1.46. The topological polar surface area (TPSA) is 87.7 Å². The van der Waals surface area contributed by atoms with Crippen molar-refractivity contribution in [1.82, 2.24) is 15.5 Å². The highest BCUT2D eigenvalue weighted by Gasteiger charge is 2.75. The molecule has 0 saturated carbocycles. The van der Waals surface area contributed by atoms with Crippen LogP contribution in [-0.4, -0.2) is 53.5 Å². The van der Waals surface area contributed by atoms with Crippen LogP contribution in [0.3, 0.4) is 0 Å². The van der Waals surface area contributed by atoms with Crippen LogP contribution in [0.2, 0.25) is 0 Å². The molecular formula is C22H24FN3O4. The van der Waals surface area contributed by atoms with E-state index in [1.54, 1.807) is 37.3 Å². The molecule has 2 N–H and O–H groups in total. The minimum Gasteiger partial charge on any atom is -0.359 e. The standard InChI is InChI=1S/C22H24FN3O4/c1-4-11-26-17(19(28)25-12-13-5-7-14(23)8-6-13)22-10-9-21(2,30-22)15(18(27)24-3)16(22)20(26)29/h4-10,15-17H,1,11-12H2,2-3H3,(H,24,27)(H,25,28)/t15-,16+,17-,21+,22-/m1/s1. The van der Waals surface area contributed by atoms with Crippen molar-refractivity contribution in [2.45, 2.75) is 30.7 Å². The molecule has 3 heterocycles. The van der Waals surface area contributed by atoms with Gasteiger partial charge in [-0.05, 0) is 24.6 Å². The Balaban J connectivity index is 1.66. The third-order valence-electron chi connectivity index (χ3n) is 6.28. The molecule has 1 aromatic rings. The Kier molecular flexibility index (Phi) is 4.77. The van der Waals surface area contributed by atoms with Crippen molar-refractivity contribution in [1.29, 1.82) is 0 Å². The minimum absolute atomic E-state index is 0.153. The zero-order valence-electron chi connectivity index (χ0n) is 16.9. The number of ether oxygens (including phenoxy) is 1. The molecular weight excluding hydrogens is 389 g/mol. The number of nitrogens with zero attached hydrogens (tertiary/aromatic N) is 1. The van der Waals surface area contributed by atoms with Gasteiger partial charge in [0, 0.05) is 20.1 Å². The number of fused-ring (bicyclic) bond motifs is 1. The lowest BCUT2D eigenvalue weighted by Gasteiger charge is -2.32. The van der Waals surface area contributed by atoms with Crippen LogP contribution in [0.4, 0.5) is 4.39 Å². The maximum atomic E-state index is 13.3. The van der Waals surface area contributed by atoms with E-state index in [1.807, 2.05) is 0 Å². The fourth-order valence-corrected chi connectivity index (χ4v) is 5.01. The van der Waals surface area contributed by atoms with E-state index in [-0.39, 0.29) is 30.7 Å². The Hall–Kier alpha value is -3.00. The van der Waals surface area contributed by atoms with Gasteiger partial charge in [-0.25, -0.2) is 4.39 Å². The molecule has 7 nitrogen and oxygen atoms in total. The van der Waals surface area contributed by atoms with Gasteiger partial charge in [-0.1, -0.05) is 30.4 Å². The van der Waals surface area contributed by atoms with Gasteiger partial charge < -0.3 is 20.3 Å². The number of nitrogens with one attached hydrogen (secondary N) is 2. The Morgan fingerprint density at radius 3 is 2.60 bits per heavy atom. The molecule has 3 aliphatic heterocycles. The summed E-state index contributed by atoms with van der Waals surface area (Å²) >= 11 is 0. The van der Waals surface area contributed by atoms with E-state index in [9.17, 15) is 18.8 Å². The van der Waals surface area contributed by atoms with E-state index in [1.165, 1.54) is 24.1 Å². The predicted molar refractivity (Wildman–Crippen MR) is 106 cm³/mol. The number of halogens is 1. The number of carbonyl (C=O) groups is 3. The zero-order chi connectivity index (χ0) is 21.7. The van der Waals surface area contributed by atoms with Crippen LogP contribution in [0.15, 0.2) is 49.1 Å². The van der Waals surface area contributed by atoms with Crippen molar-refractivity contribution < 1.29 is 23.5 Å². The highest BCUT2D eigenvalue weighted by molar-refractivity contribution is 6.00. The summed E-state index contributed by atoms with van der Waals surface area (Å²) < 4.78 is 19.4. The van der Waals surface area contributed by atoms with E-state index in [0.717, 1.165) is 5.56 Å². The lowest BCUT2D eigenvalue weighted by Crippen LogP contribution is -2.54. The first kappa shape index (κ1) is 20.3. The van der Waals surface area contributed by atoms with Gasteiger partial charge in [-0.2, -0.15) is 0 Å². The summed E-state index contributed by atoms with van der Waals surface area (Å²) in [7, 11) is 1.52. The van der Waals surface area contributed by atoms with Crippen molar-refractivity contribution in [2.24, 2.45) is 11.8 Å². The van der Waals surface area contributed by atoms with Gasteiger partial charge in [0.25, 0.3) is 0 Å². The number of hydrogen-bond donors (Lipinski definition) is 2. The molecule has 158 valence electrons. The van der Waals surface area contributed by atoms with Gasteiger partial charge in [0.05, 0.1) is 17.4 Å². The number of likely N-dealkylation sites (tertiary alicyclic amines) is 1. The fourth-order valence-electron chi connectivity index (χ4n) is 5.01. The summed E-state index contributed by atoms with van der Waals surface area (Å²) in [6, 6.07) is 4.86. The number of hydrogen-bond acceptors (Lipinski definition) is 4. The normalized spacial score (nSPS) is 33.5. The molecule has 0 aliphatic carbocycles. The zero-order valence-corrected chi connectivity index (χ0v) is 16.9. The molecule has 2 fully saturated rings. The number of amides is 3. The first-order chi connectivity index (χ1) is 14.3. The third kappa shape index (κ3) is 2.78. The molecule has 0 aromatic heterocycles. The van der Waals surface area contributed by atoms with Crippen LogP contribution in [0.25, 0.3) is 0 Å². The average molecular weight is 413 g/mol. The smallest absolute Gasteiger partial charge is 0.246 e. The summed E-state index contributed by atoms with van der Waals surface area (Å²) in [6.45, 7) is 5.78. The molecule has 0 unspecified atom stereocenters. The van der Waals surface area contributed by atoms with E-state index in [4.69, 9.17) is 4.74 Å². The van der Waals surface area contributed by atoms with Gasteiger partial charge in [0.2, 0.25) is 17.7 Å². The molecule has 0 radical (unpaired) electrons. The van der Waals surface area contributed by atoms with Crippen molar-refractivity contribution >= 4 is 17.7 Å². The van der Waals surface area contributed by atoms with Gasteiger partial charge >= 0.3 is 0 Å². The maximum Gasteiger partial charge on any atom is 0.246 e. The van der Waals surface area contributed by atoms with Crippen molar-refractivity contribution in [3.63, 3.8) is 0 Å². The lowest BCUT2D eigenvalue weighted by molar-refractivity contribution is -0.144. The summed E-state index contributed by atoms with van der Waals surface area (Å²) in [6.07, 6.45) is 5.07. The monoisotopic (exact) mass is 413 g/mol. The maximum absolute atomic E-state index is 13.3. The SMILES string of the molecule is C=CCN1C(=O)[C@@H]2[C@H](C(=O)NC)[C@]3(C)C=C[C@]2(O3)[C@H]1C(=O)NCc1ccc(F)cc1. The molecule has 4 rings (SSSR count). The highest BCUT2D eigenvalue weighted by atomic mass is 19.1. The molecule has 1 spiro atoms. The highest BCUT2D eigenvalue weighted by Crippen LogP contribution is 2.59. The van der Waals surface area contributed by atoms with Gasteiger partial charge in [-0.3, -0.25) is 14.4 Å². The largest absolute Gasteiger partial charge is 0.359 e. The van der Waals surface area contributed by atoms with Crippen LogP contribution in [-0.2, 0) is 25.7 Å². The second-order valence-corrected chi connectivity index (χ2v) is 8.07. The lowest BCUT2D eigenvalue weighted by atomic mass is 9.70. The van der Waals surface area contributed by atoms with Gasteiger partial charge in [-0.15, -0.1) is 6.58 Å². The number of rotatable bonds is 6. The summed E-state index contributed by atoms with van der Waals surface area (Å²) in [5, 5.41) is 5.44. The molecule has 3 aliphatic rings. The van der Waals surface area contributed by atoms with Crippen LogP contribution in [0.5, 0.6) is 0 Å². The van der Waals surface area contributed by atoms with Crippen LogP contribution in [0, 0.1) is 17.7 Å². The summed E-state index contributed by atoms with van der Waals surface area (Å²) in [4.78, 5) is 40.6. The molecule has 3 amide bonds. The second-order valence-electron chi connectivity index (χ2n) is 8.07. The number of carbonyl (C=O) groups excluding carboxylic acids is 3. The molecule has 8 heteroatoms. The molecule has 30 heavy (non-hydrogen) atoms. The third-order valence-corrected chi connectivity index (χ3v) is 6.28. The Labute approximate surface area is 173 Å². The van der Waals surface area contributed by atoms with Gasteiger partial charge in [0.15, 0.2) is 0 Å². The second kappa shape index (κ2) is 7.05. The molecule has 2 saturated heterocycles. The van der Waals surface area contributed by atoms with Crippen molar-refractivity contribution in [2.75, 3.05) is 13.6 Å². The fraction of sp³-hybridized carbons (Fsp3) is 0.409. The van der Waals surface area contributed by atoms with Crippen LogP contribution < -0.4 is 10.6 Å². The quantitative estimate of drug-likeness (QED) is 0.679. The van der Waals surface area contributed by atoms with E-state index >= 15 is 0 Å². The molecule has 2 bridgehead atoms. The Morgan fingerprint density at radius 2 is 1.97 bits per heavy atom. The van der Waals surface area contributed by atoms with Gasteiger partial charge in [0.1, 0.15) is 17.5 Å². The van der Waals surface area contributed by atoms with Crippen LogP contribution >= 0.6 is 0 Å². The molecule has 5 atom stereocenters. The number of benzene rings is 1. The predicted octanol–water partition coefficient (Wildman–Crippen LogP) is 0.915. The van der Waals surface area contributed by atoms with E-state index < -0.39 is 35.0 Å². The van der Waals surface area contributed by atoms with E-state index in [2.05, 4.69) is 17.2 Å². The minimum atomic E-state index is -1.22. The Morgan fingerprint density at radius 1 is 1.27 bits per heavy atom. The summed E-state index contributed by atoms with van der Waals surface area (Å²) in [5.74, 6) is -2.90. The average Bonchev–Trinajstić information content (AvgIpc) is 3.28.